The number of carbonyl (C=O) groups is 1. The van der Waals surface area contributed by atoms with Gasteiger partial charge in [0.05, 0.1) is 4.92 Å². The number of benzene rings is 1. The number of nitro benzene ring substituents is 1. The fraction of sp³-hybridized carbons (Fsp3) is 0.462. The van der Waals surface area contributed by atoms with Crippen molar-refractivity contribution in [2.75, 3.05) is 34.2 Å². The highest BCUT2D eigenvalue weighted by Gasteiger charge is 2.25. The molecular formula is C13H18ClN3O3. The molecule has 0 N–H and O–H groups in total. The largest absolute Gasteiger partial charge is 0.341 e. The monoisotopic (exact) mass is 299 g/mol. The van der Waals surface area contributed by atoms with Crippen LogP contribution in [0.15, 0.2) is 18.2 Å². The van der Waals surface area contributed by atoms with Crippen LogP contribution in [0.25, 0.3) is 0 Å². The molecule has 0 spiro atoms. The van der Waals surface area contributed by atoms with E-state index in [1.165, 1.54) is 23.1 Å². The number of halogens is 1. The van der Waals surface area contributed by atoms with Crippen LogP contribution in [0, 0.1) is 10.1 Å². The van der Waals surface area contributed by atoms with Crippen molar-refractivity contribution in [1.29, 1.82) is 0 Å². The Hall–Kier alpha value is -1.66. The number of carbonyl (C=O) groups excluding carboxylic acids is 1. The fourth-order valence-corrected chi connectivity index (χ4v) is 2.05. The maximum Gasteiger partial charge on any atom is 0.300 e. The van der Waals surface area contributed by atoms with Crippen LogP contribution in [-0.2, 0) is 0 Å². The molecule has 1 amide bonds. The first-order chi connectivity index (χ1) is 9.34. The van der Waals surface area contributed by atoms with Gasteiger partial charge < -0.3 is 9.80 Å². The van der Waals surface area contributed by atoms with E-state index in [0.29, 0.717) is 6.54 Å². The zero-order chi connectivity index (χ0) is 15.3. The van der Waals surface area contributed by atoms with E-state index in [1.54, 1.807) is 7.05 Å². The molecule has 0 heterocycles. The predicted molar refractivity (Wildman–Crippen MR) is 78.2 cm³/mol. The lowest BCUT2D eigenvalue weighted by molar-refractivity contribution is -0.385. The minimum absolute atomic E-state index is 0.0230. The summed E-state index contributed by atoms with van der Waals surface area (Å²) in [5.41, 5.74) is -0.312. The summed E-state index contributed by atoms with van der Waals surface area (Å²) < 4.78 is 0. The van der Waals surface area contributed by atoms with Gasteiger partial charge >= 0.3 is 5.69 Å². The number of para-hydroxylation sites is 1. The van der Waals surface area contributed by atoms with Crippen molar-refractivity contribution >= 4 is 23.2 Å². The molecule has 0 aliphatic heterocycles. The van der Waals surface area contributed by atoms with Crippen molar-refractivity contribution in [3.8, 4) is 0 Å². The average molecular weight is 300 g/mol. The van der Waals surface area contributed by atoms with Gasteiger partial charge in [0.1, 0.15) is 10.6 Å². The van der Waals surface area contributed by atoms with Gasteiger partial charge in [-0.25, -0.2) is 0 Å². The molecule has 0 saturated heterocycles. The van der Waals surface area contributed by atoms with Crippen LogP contribution in [0.4, 0.5) is 5.69 Å². The third kappa shape index (κ3) is 4.18. The molecule has 1 aromatic carbocycles. The molecule has 0 aliphatic rings. The van der Waals surface area contributed by atoms with Crippen LogP contribution in [0.1, 0.15) is 16.8 Å². The topological polar surface area (TPSA) is 66.7 Å². The molecular weight excluding hydrogens is 282 g/mol. The average Bonchev–Trinajstić information content (AvgIpc) is 2.36. The van der Waals surface area contributed by atoms with Crippen molar-refractivity contribution in [3.05, 3.63) is 38.9 Å². The second-order valence-electron chi connectivity index (χ2n) is 4.78. The smallest absolute Gasteiger partial charge is 0.300 e. The molecule has 0 bridgehead atoms. The molecule has 0 saturated carbocycles. The molecule has 7 heteroatoms. The van der Waals surface area contributed by atoms with Gasteiger partial charge in [-0.15, -0.1) is 0 Å². The zero-order valence-corrected chi connectivity index (χ0v) is 12.6. The lowest BCUT2D eigenvalue weighted by Gasteiger charge is -2.18. The van der Waals surface area contributed by atoms with E-state index in [4.69, 9.17) is 11.6 Å². The van der Waals surface area contributed by atoms with Crippen LogP contribution < -0.4 is 0 Å². The first-order valence-corrected chi connectivity index (χ1v) is 6.55. The highest BCUT2D eigenvalue weighted by molar-refractivity contribution is 6.33. The Morgan fingerprint density at radius 2 is 1.95 bits per heavy atom. The van der Waals surface area contributed by atoms with Crippen LogP contribution in [0.2, 0.25) is 5.02 Å². The first-order valence-electron chi connectivity index (χ1n) is 6.17. The van der Waals surface area contributed by atoms with Gasteiger partial charge in [0.25, 0.3) is 5.91 Å². The quantitative estimate of drug-likeness (QED) is 0.597. The Labute approximate surface area is 123 Å². The Morgan fingerprint density at radius 3 is 2.50 bits per heavy atom. The standard InChI is InChI=1S/C13H18ClN3O3/c1-15(2)8-5-9-16(3)13(18)10-6-4-7-11(14)12(10)17(19)20/h4,6-7H,5,8-9H2,1-3H3. The van der Waals surface area contributed by atoms with Crippen molar-refractivity contribution < 1.29 is 9.72 Å². The first kappa shape index (κ1) is 16.4. The van der Waals surface area contributed by atoms with Gasteiger partial charge in [0.15, 0.2) is 0 Å². The lowest BCUT2D eigenvalue weighted by atomic mass is 10.1. The molecule has 0 fully saturated rings. The van der Waals surface area contributed by atoms with Gasteiger partial charge in [-0.3, -0.25) is 14.9 Å². The summed E-state index contributed by atoms with van der Waals surface area (Å²) in [5.74, 6) is -0.391. The summed E-state index contributed by atoms with van der Waals surface area (Å²) in [6.45, 7) is 1.37. The lowest BCUT2D eigenvalue weighted by Crippen LogP contribution is -2.30. The van der Waals surface area contributed by atoms with Gasteiger partial charge in [-0.2, -0.15) is 0 Å². The molecule has 0 radical (unpaired) electrons. The number of hydrogen-bond donors (Lipinski definition) is 0. The minimum atomic E-state index is -0.622. The van der Waals surface area contributed by atoms with Gasteiger partial charge in [0.2, 0.25) is 0 Å². The number of rotatable bonds is 6. The number of hydrogen-bond acceptors (Lipinski definition) is 4. The normalized spacial score (nSPS) is 10.7. The van der Waals surface area contributed by atoms with E-state index in [2.05, 4.69) is 0 Å². The maximum atomic E-state index is 12.2. The van der Waals surface area contributed by atoms with E-state index < -0.39 is 10.8 Å². The van der Waals surface area contributed by atoms with Crippen molar-refractivity contribution in [2.45, 2.75) is 6.42 Å². The molecule has 1 aromatic rings. The Balaban J connectivity index is 2.87. The second-order valence-corrected chi connectivity index (χ2v) is 5.18. The van der Waals surface area contributed by atoms with Crippen LogP contribution in [0.5, 0.6) is 0 Å². The summed E-state index contributed by atoms with van der Waals surface area (Å²) in [6.07, 6.45) is 0.795. The van der Waals surface area contributed by atoms with Crippen LogP contribution >= 0.6 is 11.6 Å². The number of amides is 1. The molecule has 1 rings (SSSR count). The molecule has 110 valence electrons. The van der Waals surface area contributed by atoms with Crippen molar-refractivity contribution in [2.24, 2.45) is 0 Å². The van der Waals surface area contributed by atoms with E-state index in [0.717, 1.165) is 13.0 Å². The van der Waals surface area contributed by atoms with E-state index in [-0.39, 0.29) is 16.3 Å². The predicted octanol–water partition coefficient (Wildman–Crippen LogP) is 2.27. The second kappa shape index (κ2) is 7.21. The van der Waals surface area contributed by atoms with Gasteiger partial charge in [-0.1, -0.05) is 17.7 Å². The third-order valence-corrected chi connectivity index (χ3v) is 3.15. The number of nitro groups is 1. The Kier molecular flexibility index (Phi) is 5.91. The Morgan fingerprint density at radius 1 is 1.30 bits per heavy atom. The summed E-state index contributed by atoms with van der Waals surface area (Å²) in [5, 5.41) is 11.0. The van der Waals surface area contributed by atoms with Gasteiger partial charge in [-0.05, 0) is 39.2 Å². The zero-order valence-electron chi connectivity index (χ0n) is 11.8. The molecule has 6 nitrogen and oxygen atoms in total. The molecule has 0 aliphatic carbocycles. The summed E-state index contributed by atoms with van der Waals surface area (Å²) in [6, 6.07) is 4.37. The maximum absolute atomic E-state index is 12.2. The van der Waals surface area contributed by atoms with E-state index >= 15 is 0 Å². The molecule has 0 aromatic heterocycles. The highest BCUT2D eigenvalue weighted by Crippen LogP contribution is 2.28. The van der Waals surface area contributed by atoms with Crippen molar-refractivity contribution in [1.82, 2.24) is 9.80 Å². The van der Waals surface area contributed by atoms with Crippen LogP contribution in [0.3, 0.4) is 0 Å². The van der Waals surface area contributed by atoms with Crippen LogP contribution in [-0.4, -0.2) is 54.9 Å². The minimum Gasteiger partial charge on any atom is -0.341 e. The van der Waals surface area contributed by atoms with Crippen molar-refractivity contribution in [3.63, 3.8) is 0 Å². The van der Waals surface area contributed by atoms with E-state index in [9.17, 15) is 14.9 Å². The summed E-state index contributed by atoms with van der Waals surface area (Å²) >= 11 is 5.80. The van der Waals surface area contributed by atoms with Gasteiger partial charge in [0, 0.05) is 13.6 Å². The van der Waals surface area contributed by atoms with E-state index in [1.807, 2.05) is 19.0 Å². The molecule has 0 unspecified atom stereocenters. The SMILES string of the molecule is CN(C)CCCN(C)C(=O)c1cccc(Cl)c1[N+](=O)[O-]. The Bertz CT molecular complexity index is 506. The molecule has 0 atom stereocenters. The summed E-state index contributed by atoms with van der Waals surface area (Å²) in [7, 11) is 5.52. The fourth-order valence-electron chi connectivity index (χ4n) is 1.80. The molecule has 20 heavy (non-hydrogen) atoms. The highest BCUT2D eigenvalue weighted by atomic mass is 35.5. The summed E-state index contributed by atoms with van der Waals surface area (Å²) in [4.78, 5) is 26.1. The number of nitrogens with zero attached hydrogens (tertiary/aromatic N) is 3. The third-order valence-electron chi connectivity index (χ3n) is 2.85.